The highest BCUT2D eigenvalue weighted by Gasteiger charge is 2.31. The molecule has 2 rings (SSSR count). The van der Waals surface area contributed by atoms with Gasteiger partial charge in [0.25, 0.3) is 10.0 Å². The molecular weight excluding hydrogens is 294 g/mol. The molecule has 2 heterocycles. The molecule has 7 heteroatoms. The summed E-state index contributed by atoms with van der Waals surface area (Å²) in [6.45, 7) is 2.39. The molecule has 1 aliphatic rings. The van der Waals surface area contributed by atoms with Gasteiger partial charge in [0.15, 0.2) is 0 Å². The van der Waals surface area contributed by atoms with Gasteiger partial charge < -0.3 is 10.6 Å². The second kappa shape index (κ2) is 6.53. The topological polar surface area (TPSA) is 66.6 Å². The van der Waals surface area contributed by atoms with Gasteiger partial charge in [-0.1, -0.05) is 0 Å². The van der Waals surface area contributed by atoms with Crippen molar-refractivity contribution in [1.82, 2.24) is 9.21 Å². The molecule has 0 spiro atoms. The molecule has 114 valence electrons. The van der Waals surface area contributed by atoms with E-state index in [-0.39, 0.29) is 6.04 Å². The van der Waals surface area contributed by atoms with E-state index in [0.29, 0.717) is 10.8 Å². The van der Waals surface area contributed by atoms with E-state index < -0.39 is 10.0 Å². The molecule has 0 aliphatic carbocycles. The van der Waals surface area contributed by atoms with E-state index in [1.54, 1.807) is 17.4 Å². The minimum Gasteiger partial charge on any atom is -0.330 e. The number of thiophene rings is 1. The first kappa shape index (κ1) is 15.9. The minimum absolute atomic E-state index is 0.0683. The van der Waals surface area contributed by atoms with E-state index in [4.69, 9.17) is 5.73 Å². The standard InChI is InChI=1S/C13H23N3O2S2/c1-15-9-3-4-11(10-15)16(2)20(17,18)13-6-5-12(19-13)7-8-14/h5-6,11H,3-4,7-10,14H2,1-2H3. The third-order valence-electron chi connectivity index (χ3n) is 3.77. The number of hydrogen-bond acceptors (Lipinski definition) is 5. The fraction of sp³-hybridized carbons (Fsp3) is 0.692. The van der Waals surface area contributed by atoms with Gasteiger partial charge in [0, 0.05) is 24.5 Å². The molecule has 1 aromatic heterocycles. The van der Waals surface area contributed by atoms with Crippen molar-refractivity contribution in [3.8, 4) is 0 Å². The SMILES string of the molecule is CN1CCCC(N(C)S(=O)(=O)c2ccc(CCN)s2)C1. The molecule has 0 saturated carbocycles. The Morgan fingerprint density at radius 3 is 2.90 bits per heavy atom. The predicted octanol–water partition coefficient (Wildman–Crippen LogP) is 0.964. The number of likely N-dealkylation sites (N-methyl/N-ethyl adjacent to an activating group) is 2. The van der Waals surface area contributed by atoms with Crippen LogP contribution in [-0.2, 0) is 16.4 Å². The fourth-order valence-corrected chi connectivity index (χ4v) is 5.48. The molecule has 1 fully saturated rings. The first-order valence-electron chi connectivity index (χ1n) is 6.90. The Morgan fingerprint density at radius 2 is 2.25 bits per heavy atom. The van der Waals surface area contributed by atoms with Crippen molar-refractivity contribution < 1.29 is 8.42 Å². The summed E-state index contributed by atoms with van der Waals surface area (Å²) >= 11 is 1.33. The summed E-state index contributed by atoms with van der Waals surface area (Å²) in [5, 5.41) is 0. The first-order valence-corrected chi connectivity index (χ1v) is 9.16. The van der Waals surface area contributed by atoms with Gasteiger partial charge in [0.1, 0.15) is 4.21 Å². The van der Waals surface area contributed by atoms with Crippen LogP contribution in [0.25, 0.3) is 0 Å². The lowest BCUT2D eigenvalue weighted by atomic mass is 10.1. The molecule has 1 saturated heterocycles. The van der Waals surface area contributed by atoms with Crippen LogP contribution in [-0.4, -0.2) is 57.4 Å². The van der Waals surface area contributed by atoms with Crippen LogP contribution in [0.3, 0.4) is 0 Å². The van der Waals surface area contributed by atoms with Crippen LogP contribution >= 0.6 is 11.3 Å². The zero-order chi connectivity index (χ0) is 14.8. The van der Waals surface area contributed by atoms with Gasteiger partial charge in [0.05, 0.1) is 0 Å². The number of nitrogens with zero attached hydrogens (tertiary/aromatic N) is 2. The summed E-state index contributed by atoms with van der Waals surface area (Å²) in [6, 6.07) is 3.64. The van der Waals surface area contributed by atoms with Gasteiger partial charge in [-0.05, 0) is 51.5 Å². The Balaban J connectivity index is 2.15. The monoisotopic (exact) mass is 317 g/mol. The van der Waals surface area contributed by atoms with Crippen molar-refractivity contribution in [1.29, 1.82) is 0 Å². The molecule has 0 radical (unpaired) electrons. The molecule has 1 atom stereocenters. The summed E-state index contributed by atoms with van der Waals surface area (Å²) in [7, 11) is 0.360. The maximum Gasteiger partial charge on any atom is 0.252 e. The lowest BCUT2D eigenvalue weighted by Crippen LogP contribution is -2.47. The number of nitrogens with two attached hydrogens (primary N) is 1. The number of sulfonamides is 1. The quantitative estimate of drug-likeness (QED) is 0.878. The molecule has 1 aliphatic heterocycles. The molecule has 5 nitrogen and oxygen atoms in total. The van der Waals surface area contributed by atoms with Gasteiger partial charge in [-0.15, -0.1) is 11.3 Å². The highest BCUT2D eigenvalue weighted by molar-refractivity contribution is 7.91. The van der Waals surface area contributed by atoms with Gasteiger partial charge >= 0.3 is 0 Å². The molecule has 20 heavy (non-hydrogen) atoms. The van der Waals surface area contributed by atoms with E-state index in [2.05, 4.69) is 4.90 Å². The zero-order valence-corrected chi connectivity index (χ0v) is 13.7. The highest BCUT2D eigenvalue weighted by atomic mass is 32.2. The van der Waals surface area contributed by atoms with E-state index in [1.165, 1.54) is 11.3 Å². The Hall–Kier alpha value is -0.470. The van der Waals surface area contributed by atoms with Gasteiger partial charge in [0.2, 0.25) is 0 Å². The van der Waals surface area contributed by atoms with Crippen molar-refractivity contribution >= 4 is 21.4 Å². The van der Waals surface area contributed by atoms with E-state index >= 15 is 0 Å². The van der Waals surface area contributed by atoms with Crippen molar-refractivity contribution in [3.05, 3.63) is 17.0 Å². The molecule has 1 aromatic rings. The zero-order valence-electron chi connectivity index (χ0n) is 12.1. The van der Waals surface area contributed by atoms with Crippen LogP contribution in [0.5, 0.6) is 0 Å². The fourth-order valence-electron chi connectivity index (χ4n) is 2.55. The van der Waals surface area contributed by atoms with Crippen LogP contribution < -0.4 is 5.73 Å². The lowest BCUT2D eigenvalue weighted by molar-refractivity contribution is 0.188. The summed E-state index contributed by atoms with van der Waals surface area (Å²) in [5.74, 6) is 0. The van der Waals surface area contributed by atoms with E-state index in [0.717, 1.165) is 37.2 Å². The smallest absolute Gasteiger partial charge is 0.252 e. The maximum atomic E-state index is 12.6. The van der Waals surface area contributed by atoms with E-state index in [9.17, 15) is 8.42 Å². The molecule has 0 aromatic carbocycles. The third kappa shape index (κ3) is 3.40. The Kier molecular flexibility index (Phi) is 5.19. The van der Waals surface area contributed by atoms with Crippen molar-refractivity contribution in [3.63, 3.8) is 0 Å². The van der Waals surface area contributed by atoms with Crippen LogP contribution in [0.15, 0.2) is 16.3 Å². The maximum absolute atomic E-state index is 12.6. The largest absolute Gasteiger partial charge is 0.330 e. The first-order chi connectivity index (χ1) is 9.45. The Bertz CT molecular complexity index is 542. The van der Waals surface area contributed by atoms with Crippen LogP contribution in [0.4, 0.5) is 0 Å². The second-order valence-electron chi connectivity index (χ2n) is 5.34. The Morgan fingerprint density at radius 1 is 1.50 bits per heavy atom. The lowest BCUT2D eigenvalue weighted by Gasteiger charge is -2.34. The number of rotatable bonds is 5. The van der Waals surface area contributed by atoms with Gasteiger partial charge in [-0.25, -0.2) is 8.42 Å². The second-order valence-corrected chi connectivity index (χ2v) is 8.73. The average Bonchev–Trinajstić information content (AvgIpc) is 2.87. The van der Waals surface area contributed by atoms with Crippen LogP contribution in [0, 0.1) is 0 Å². The van der Waals surface area contributed by atoms with Crippen molar-refractivity contribution in [2.24, 2.45) is 5.73 Å². The summed E-state index contributed by atoms with van der Waals surface area (Å²) in [6.07, 6.45) is 2.71. The number of hydrogen-bond donors (Lipinski definition) is 1. The average molecular weight is 317 g/mol. The summed E-state index contributed by atoms with van der Waals surface area (Å²) in [5.41, 5.74) is 5.51. The Labute approximate surface area is 125 Å². The minimum atomic E-state index is -3.38. The van der Waals surface area contributed by atoms with Crippen molar-refractivity contribution in [2.75, 3.05) is 33.7 Å². The normalized spacial score (nSPS) is 21.5. The van der Waals surface area contributed by atoms with Crippen LogP contribution in [0.2, 0.25) is 0 Å². The molecule has 1 unspecified atom stereocenters. The molecule has 0 amide bonds. The number of piperidine rings is 1. The molecule has 0 bridgehead atoms. The van der Waals surface area contributed by atoms with Crippen molar-refractivity contribution in [2.45, 2.75) is 29.5 Å². The predicted molar refractivity (Wildman–Crippen MR) is 82.5 cm³/mol. The van der Waals surface area contributed by atoms with E-state index in [1.807, 2.05) is 13.1 Å². The van der Waals surface area contributed by atoms with Crippen LogP contribution in [0.1, 0.15) is 17.7 Å². The molecule has 2 N–H and O–H groups in total. The summed E-state index contributed by atoms with van der Waals surface area (Å²) < 4.78 is 27.3. The van der Waals surface area contributed by atoms with Gasteiger partial charge in [-0.2, -0.15) is 4.31 Å². The number of likely N-dealkylation sites (tertiary alicyclic amines) is 1. The van der Waals surface area contributed by atoms with Gasteiger partial charge in [-0.3, -0.25) is 0 Å². The third-order valence-corrected chi connectivity index (χ3v) is 7.30. The summed E-state index contributed by atoms with van der Waals surface area (Å²) in [4.78, 5) is 3.22. The molecular formula is C13H23N3O2S2. The highest BCUT2D eigenvalue weighted by Crippen LogP contribution is 2.27.